The predicted octanol–water partition coefficient (Wildman–Crippen LogP) is 3.96. The van der Waals surface area contributed by atoms with E-state index in [1.54, 1.807) is 26.2 Å². The number of methoxy groups -OCH3 is 3. The van der Waals surface area contributed by atoms with Gasteiger partial charge in [0.2, 0.25) is 5.91 Å². The fourth-order valence-electron chi connectivity index (χ4n) is 3.56. The van der Waals surface area contributed by atoms with Gasteiger partial charge in [0.25, 0.3) is 0 Å². The third-order valence-corrected chi connectivity index (χ3v) is 5.26. The van der Waals surface area contributed by atoms with Crippen LogP contribution in [-0.2, 0) is 17.9 Å². The standard InChI is InChI=1S/C25H30N2O4/c1-26(15-19-7-11-23(30-4)24(13-19)31-5)17-25(28)27(2)16-18-6-8-21-14-22(29-3)10-9-20(21)12-18/h6-14H,15-17H2,1-5H3. The van der Waals surface area contributed by atoms with Crippen molar-refractivity contribution < 1.29 is 19.0 Å². The lowest BCUT2D eigenvalue weighted by molar-refractivity contribution is -0.131. The lowest BCUT2D eigenvalue weighted by Gasteiger charge is -2.22. The van der Waals surface area contributed by atoms with Gasteiger partial charge >= 0.3 is 0 Å². The molecule has 0 aliphatic rings. The second-order valence-electron chi connectivity index (χ2n) is 7.66. The fraction of sp³-hybridized carbons (Fsp3) is 0.320. The number of rotatable bonds is 9. The van der Waals surface area contributed by atoms with Crippen LogP contribution in [0, 0.1) is 0 Å². The van der Waals surface area contributed by atoms with E-state index in [9.17, 15) is 4.79 Å². The van der Waals surface area contributed by atoms with Crippen molar-refractivity contribution in [3.05, 3.63) is 65.7 Å². The molecule has 0 aliphatic heterocycles. The average molecular weight is 423 g/mol. The van der Waals surface area contributed by atoms with E-state index in [1.807, 2.05) is 55.4 Å². The minimum Gasteiger partial charge on any atom is -0.497 e. The highest BCUT2D eigenvalue weighted by atomic mass is 16.5. The van der Waals surface area contributed by atoms with Crippen LogP contribution in [0.25, 0.3) is 10.8 Å². The summed E-state index contributed by atoms with van der Waals surface area (Å²) in [5.74, 6) is 2.28. The van der Waals surface area contributed by atoms with E-state index >= 15 is 0 Å². The Morgan fingerprint density at radius 2 is 1.39 bits per heavy atom. The highest BCUT2D eigenvalue weighted by molar-refractivity contribution is 5.84. The van der Waals surface area contributed by atoms with Gasteiger partial charge < -0.3 is 19.1 Å². The Bertz CT molecular complexity index is 1050. The molecule has 0 aliphatic carbocycles. The average Bonchev–Trinajstić information content (AvgIpc) is 2.78. The molecule has 0 unspecified atom stereocenters. The van der Waals surface area contributed by atoms with Crippen molar-refractivity contribution in [3.63, 3.8) is 0 Å². The van der Waals surface area contributed by atoms with Gasteiger partial charge in [-0.1, -0.05) is 24.3 Å². The zero-order valence-electron chi connectivity index (χ0n) is 18.8. The van der Waals surface area contributed by atoms with Gasteiger partial charge in [0, 0.05) is 20.1 Å². The van der Waals surface area contributed by atoms with Gasteiger partial charge in [-0.2, -0.15) is 0 Å². The first-order valence-electron chi connectivity index (χ1n) is 10.1. The molecular weight excluding hydrogens is 392 g/mol. The molecule has 3 rings (SSSR count). The molecule has 0 N–H and O–H groups in total. The highest BCUT2D eigenvalue weighted by Crippen LogP contribution is 2.28. The van der Waals surface area contributed by atoms with E-state index in [2.05, 4.69) is 18.2 Å². The normalized spacial score (nSPS) is 10.9. The van der Waals surface area contributed by atoms with E-state index < -0.39 is 0 Å². The molecule has 6 heteroatoms. The van der Waals surface area contributed by atoms with E-state index in [-0.39, 0.29) is 5.91 Å². The maximum Gasteiger partial charge on any atom is 0.236 e. The maximum absolute atomic E-state index is 12.7. The summed E-state index contributed by atoms with van der Waals surface area (Å²) in [5.41, 5.74) is 2.15. The van der Waals surface area contributed by atoms with Crippen LogP contribution < -0.4 is 14.2 Å². The number of fused-ring (bicyclic) bond motifs is 1. The van der Waals surface area contributed by atoms with Gasteiger partial charge in [0.15, 0.2) is 11.5 Å². The summed E-state index contributed by atoms with van der Waals surface area (Å²) in [6, 6.07) is 18.0. The molecule has 164 valence electrons. The Morgan fingerprint density at radius 1 is 0.742 bits per heavy atom. The summed E-state index contributed by atoms with van der Waals surface area (Å²) < 4.78 is 15.9. The minimum absolute atomic E-state index is 0.0674. The molecule has 3 aromatic rings. The molecule has 3 aromatic carbocycles. The monoisotopic (exact) mass is 422 g/mol. The van der Waals surface area contributed by atoms with Crippen LogP contribution in [0.1, 0.15) is 11.1 Å². The Morgan fingerprint density at radius 3 is 2.10 bits per heavy atom. The number of benzene rings is 3. The molecule has 0 saturated carbocycles. The van der Waals surface area contributed by atoms with Crippen LogP contribution in [0.4, 0.5) is 0 Å². The lowest BCUT2D eigenvalue weighted by Crippen LogP contribution is -2.36. The van der Waals surface area contributed by atoms with Gasteiger partial charge in [-0.3, -0.25) is 9.69 Å². The molecule has 0 spiro atoms. The zero-order chi connectivity index (χ0) is 22.4. The van der Waals surface area contributed by atoms with Crippen molar-refractivity contribution in [2.75, 3.05) is 42.0 Å². The summed E-state index contributed by atoms with van der Waals surface area (Å²) in [5, 5.41) is 2.25. The Labute approximate surface area is 183 Å². The summed E-state index contributed by atoms with van der Waals surface area (Å²) in [4.78, 5) is 16.5. The SMILES string of the molecule is COc1ccc2cc(CN(C)C(=O)CN(C)Cc3ccc(OC)c(OC)c3)ccc2c1. The molecule has 0 fully saturated rings. The van der Waals surface area contributed by atoms with E-state index in [0.717, 1.165) is 27.6 Å². The Balaban J connectivity index is 1.59. The maximum atomic E-state index is 12.7. The lowest BCUT2D eigenvalue weighted by atomic mass is 10.1. The smallest absolute Gasteiger partial charge is 0.236 e. The molecule has 0 heterocycles. The topological polar surface area (TPSA) is 51.2 Å². The summed E-state index contributed by atoms with van der Waals surface area (Å²) in [6.45, 7) is 1.53. The quantitative estimate of drug-likeness (QED) is 0.523. The molecule has 0 atom stereocenters. The van der Waals surface area contributed by atoms with Crippen LogP contribution >= 0.6 is 0 Å². The van der Waals surface area contributed by atoms with Gasteiger partial charge in [-0.15, -0.1) is 0 Å². The number of hydrogen-bond acceptors (Lipinski definition) is 5. The van der Waals surface area contributed by atoms with Crippen molar-refractivity contribution in [2.45, 2.75) is 13.1 Å². The summed E-state index contributed by atoms with van der Waals surface area (Å²) in [6.07, 6.45) is 0. The summed E-state index contributed by atoms with van der Waals surface area (Å²) in [7, 11) is 8.67. The molecule has 0 radical (unpaired) electrons. The van der Waals surface area contributed by atoms with Crippen molar-refractivity contribution in [3.8, 4) is 17.2 Å². The van der Waals surface area contributed by atoms with Gasteiger partial charge in [-0.25, -0.2) is 0 Å². The number of ether oxygens (including phenoxy) is 3. The molecule has 31 heavy (non-hydrogen) atoms. The molecule has 0 bridgehead atoms. The second-order valence-corrected chi connectivity index (χ2v) is 7.66. The van der Waals surface area contributed by atoms with Crippen molar-refractivity contribution in [2.24, 2.45) is 0 Å². The number of nitrogens with zero attached hydrogens (tertiary/aromatic N) is 2. The molecule has 6 nitrogen and oxygen atoms in total. The number of amides is 1. The number of carbonyl (C=O) groups excluding carboxylic acids is 1. The number of likely N-dealkylation sites (N-methyl/N-ethyl adjacent to an activating group) is 2. The zero-order valence-corrected chi connectivity index (χ0v) is 18.8. The molecule has 1 amide bonds. The summed E-state index contributed by atoms with van der Waals surface area (Å²) >= 11 is 0. The van der Waals surface area contributed by atoms with Crippen LogP contribution in [0.2, 0.25) is 0 Å². The van der Waals surface area contributed by atoms with Crippen LogP contribution in [0.5, 0.6) is 17.2 Å². The van der Waals surface area contributed by atoms with Crippen LogP contribution in [-0.4, -0.2) is 57.7 Å². The molecule has 0 aromatic heterocycles. The highest BCUT2D eigenvalue weighted by Gasteiger charge is 2.14. The third kappa shape index (κ3) is 5.67. The van der Waals surface area contributed by atoms with Gasteiger partial charge in [0.1, 0.15) is 5.75 Å². The first kappa shape index (κ1) is 22.4. The number of hydrogen-bond donors (Lipinski definition) is 0. The van der Waals surface area contributed by atoms with E-state index in [1.165, 1.54) is 0 Å². The van der Waals surface area contributed by atoms with Crippen molar-refractivity contribution in [1.82, 2.24) is 9.80 Å². The van der Waals surface area contributed by atoms with Crippen molar-refractivity contribution >= 4 is 16.7 Å². The van der Waals surface area contributed by atoms with Crippen molar-refractivity contribution in [1.29, 1.82) is 0 Å². The fourth-order valence-corrected chi connectivity index (χ4v) is 3.56. The minimum atomic E-state index is 0.0674. The van der Waals surface area contributed by atoms with Crippen LogP contribution in [0.3, 0.4) is 0 Å². The molecular formula is C25H30N2O4. The number of carbonyl (C=O) groups is 1. The van der Waals surface area contributed by atoms with E-state index in [0.29, 0.717) is 31.1 Å². The second kappa shape index (κ2) is 10.2. The molecule has 0 saturated heterocycles. The first-order chi connectivity index (χ1) is 14.9. The van der Waals surface area contributed by atoms with Crippen LogP contribution in [0.15, 0.2) is 54.6 Å². The third-order valence-electron chi connectivity index (χ3n) is 5.26. The van der Waals surface area contributed by atoms with E-state index in [4.69, 9.17) is 14.2 Å². The Kier molecular flexibility index (Phi) is 7.36. The van der Waals surface area contributed by atoms with Gasteiger partial charge in [0.05, 0.1) is 27.9 Å². The first-order valence-corrected chi connectivity index (χ1v) is 10.1. The van der Waals surface area contributed by atoms with Gasteiger partial charge in [-0.05, 0) is 59.3 Å². The predicted molar refractivity (Wildman–Crippen MR) is 123 cm³/mol. The largest absolute Gasteiger partial charge is 0.497 e. The Hall–Kier alpha value is -3.25.